The minimum atomic E-state index is 0.0698. The van der Waals surface area contributed by atoms with Gasteiger partial charge in [-0.3, -0.25) is 0 Å². The average molecular weight is 314 g/mol. The van der Waals surface area contributed by atoms with Crippen LogP contribution < -0.4 is 0 Å². The summed E-state index contributed by atoms with van der Waals surface area (Å²) in [5.74, 6) is 2.85. The molecular weight excluding hydrogens is 296 g/mol. The van der Waals surface area contributed by atoms with Crippen LogP contribution in [0.25, 0.3) is 16.8 Å². The number of benzene rings is 2. The van der Waals surface area contributed by atoms with Crippen LogP contribution in [0.15, 0.2) is 46.9 Å². The van der Waals surface area contributed by atoms with Gasteiger partial charge in [0.2, 0.25) is 0 Å². The van der Waals surface area contributed by atoms with Gasteiger partial charge in [-0.05, 0) is 31.0 Å². The molecule has 1 fully saturated rings. The van der Waals surface area contributed by atoms with E-state index in [1.165, 1.54) is 33.0 Å². The maximum atomic E-state index is 6.57. The average Bonchev–Trinajstić information content (AvgIpc) is 3.22. The third-order valence-corrected chi connectivity index (χ3v) is 5.92. The van der Waals surface area contributed by atoms with E-state index in [4.69, 9.17) is 9.15 Å². The first kappa shape index (κ1) is 13.0. The van der Waals surface area contributed by atoms with Gasteiger partial charge in [-0.15, -0.1) is 0 Å². The molecule has 6 rings (SSSR count). The molecule has 3 aliphatic rings. The number of aryl methyl sites for hydroxylation is 2. The summed E-state index contributed by atoms with van der Waals surface area (Å²) in [7, 11) is 0. The van der Waals surface area contributed by atoms with Crippen LogP contribution in [-0.4, -0.2) is 0 Å². The Morgan fingerprint density at radius 2 is 1.67 bits per heavy atom. The van der Waals surface area contributed by atoms with Gasteiger partial charge in [-0.1, -0.05) is 53.6 Å². The first-order valence-electron chi connectivity index (χ1n) is 8.68. The minimum absolute atomic E-state index is 0.0698. The SMILES string of the molecule is Cc1ccc2c(c1)[C@H]1O[C@H]3c4oc(c5ccc(C)cc45)[C@H]3[C@H]1C=C2. The van der Waals surface area contributed by atoms with Crippen molar-refractivity contribution < 1.29 is 9.15 Å². The fourth-order valence-corrected chi connectivity index (χ4v) is 4.83. The highest BCUT2D eigenvalue weighted by molar-refractivity contribution is 5.90. The van der Waals surface area contributed by atoms with Crippen LogP contribution in [0.4, 0.5) is 0 Å². The largest absolute Gasteiger partial charge is 0.462 e. The fourth-order valence-electron chi connectivity index (χ4n) is 4.83. The molecule has 2 bridgehead atoms. The molecule has 0 saturated carbocycles. The highest BCUT2D eigenvalue weighted by atomic mass is 16.5. The number of ether oxygens (including phenoxy) is 1. The Morgan fingerprint density at radius 1 is 0.833 bits per heavy atom. The molecule has 0 radical (unpaired) electrons. The second-order valence-electron chi connectivity index (χ2n) is 7.45. The van der Waals surface area contributed by atoms with Crippen molar-refractivity contribution in [1.82, 2.24) is 0 Å². The van der Waals surface area contributed by atoms with Gasteiger partial charge in [0.1, 0.15) is 17.6 Å². The number of hydrogen-bond acceptors (Lipinski definition) is 2. The van der Waals surface area contributed by atoms with E-state index in [0.717, 1.165) is 11.5 Å². The number of fused-ring (bicyclic) bond motifs is 12. The van der Waals surface area contributed by atoms with E-state index >= 15 is 0 Å². The zero-order valence-corrected chi connectivity index (χ0v) is 13.7. The predicted molar refractivity (Wildman–Crippen MR) is 94.0 cm³/mol. The van der Waals surface area contributed by atoms with Crippen molar-refractivity contribution in [2.75, 3.05) is 0 Å². The molecule has 2 nitrogen and oxygen atoms in total. The lowest BCUT2D eigenvalue weighted by Crippen LogP contribution is -2.15. The lowest BCUT2D eigenvalue weighted by Gasteiger charge is -2.25. The van der Waals surface area contributed by atoms with Gasteiger partial charge in [0, 0.05) is 16.7 Å². The van der Waals surface area contributed by atoms with E-state index in [2.05, 4.69) is 62.4 Å². The molecule has 0 spiro atoms. The van der Waals surface area contributed by atoms with E-state index in [9.17, 15) is 0 Å². The second-order valence-corrected chi connectivity index (χ2v) is 7.45. The molecule has 0 amide bonds. The summed E-state index contributed by atoms with van der Waals surface area (Å²) in [5.41, 5.74) is 5.18. The van der Waals surface area contributed by atoms with Crippen molar-refractivity contribution in [3.05, 3.63) is 76.2 Å². The molecule has 24 heavy (non-hydrogen) atoms. The van der Waals surface area contributed by atoms with Crippen LogP contribution in [0.2, 0.25) is 0 Å². The molecule has 1 aromatic heterocycles. The van der Waals surface area contributed by atoms with Crippen LogP contribution in [0.3, 0.4) is 0 Å². The quantitative estimate of drug-likeness (QED) is 0.538. The summed E-state index contributed by atoms with van der Waals surface area (Å²) >= 11 is 0. The van der Waals surface area contributed by atoms with Crippen molar-refractivity contribution in [3.8, 4) is 0 Å². The third kappa shape index (κ3) is 1.46. The first-order valence-corrected chi connectivity index (χ1v) is 8.68. The molecule has 0 unspecified atom stereocenters. The Kier molecular flexibility index (Phi) is 2.28. The molecule has 1 aliphatic carbocycles. The van der Waals surface area contributed by atoms with Crippen LogP contribution in [0.5, 0.6) is 0 Å². The monoisotopic (exact) mass is 314 g/mol. The number of rotatable bonds is 0. The van der Waals surface area contributed by atoms with E-state index in [1.54, 1.807) is 0 Å². The molecule has 3 aromatic rings. The summed E-state index contributed by atoms with van der Waals surface area (Å²) in [4.78, 5) is 0. The third-order valence-electron chi connectivity index (χ3n) is 5.92. The van der Waals surface area contributed by atoms with E-state index in [-0.39, 0.29) is 12.2 Å². The maximum absolute atomic E-state index is 6.57. The van der Waals surface area contributed by atoms with Gasteiger partial charge in [0.25, 0.3) is 0 Å². The Balaban J connectivity index is 1.53. The van der Waals surface area contributed by atoms with Gasteiger partial charge in [0.05, 0.1) is 12.0 Å². The molecule has 118 valence electrons. The minimum Gasteiger partial charge on any atom is -0.462 e. The smallest absolute Gasteiger partial charge is 0.141 e. The lowest BCUT2D eigenvalue weighted by atomic mass is 9.76. The summed E-state index contributed by atoms with van der Waals surface area (Å²) in [6.45, 7) is 4.28. The molecule has 2 aromatic carbocycles. The highest BCUT2D eigenvalue weighted by Crippen LogP contribution is 2.63. The molecule has 0 N–H and O–H groups in total. The Morgan fingerprint density at radius 3 is 2.58 bits per heavy atom. The van der Waals surface area contributed by atoms with E-state index < -0.39 is 0 Å². The standard InChI is InChI=1S/C22H18O2/c1-11-3-5-13-6-8-15-18-20-14-7-4-12(2)10-17(14)21(24-20)22(18)23-19(15)16(13)9-11/h3-10,15,18-19,22H,1-2H3/t15-,18-,19+,22-/m1/s1. The van der Waals surface area contributed by atoms with Crippen LogP contribution >= 0.6 is 0 Å². The van der Waals surface area contributed by atoms with Crippen molar-refractivity contribution in [3.63, 3.8) is 0 Å². The number of furan rings is 1. The summed E-state index contributed by atoms with van der Waals surface area (Å²) in [6.07, 6.45) is 4.80. The molecule has 3 heterocycles. The summed E-state index contributed by atoms with van der Waals surface area (Å²) in [6, 6.07) is 13.3. The molecule has 4 atom stereocenters. The van der Waals surface area contributed by atoms with Crippen LogP contribution in [-0.2, 0) is 4.74 Å². The topological polar surface area (TPSA) is 22.4 Å². The lowest BCUT2D eigenvalue weighted by molar-refractivity contribution is 0.0304. The predicted octanol–water partition coefficient (Wildman–Crippen LogP) is 5.60. The van der Waals surface area contributed by atoms with Crippen molar-refractivity contribution >= 4 is 16.8 Å². The number of hydrogen-bond donors (Lipinski definition) is 0. The Hall–Kier alpha value is -2.32. The summed E-state index contributed by atoms with van der Waals surface area (Å²) in [5, 5.41) is 2.50. The normalized spacial score (nSPS) is 28.9. The van der Waals surface area contributed by atoms with Crippen LogP contribution in [0, 0.1) is 19.8 Å². The van der Waals surface area contributed by atoms with Gasteiger partial charge >= 0.3 is 0 Å². The summed E-state index contributed by atoms with van der Waals surface area (Å²) < 4.78 is 12.8. The van der Waals surface area contributed by atoms with Gasteiger partial charge in [-0.2, -0.15) is 0 Å². The van der Waals surface area contributed by atoms with Crippen molar-refractivity contribution in [1.29, 1.82) is 0 Å². The zero-order valence-electron chi connectivity index (χ0n) is 13.7. The molecule has 1 saturated heterocycles. The van der Waals surface area contributed by atoms with E-state index in [1.807, 2.05) is 0 Å². The Labute approximate surface area is 140 Å². The maximum Gasteiger partial charge on any atom is 0.141 e. The molecule has 2 heteroatoms. The van der Waals surface area contributed by atoms with Crippen molar-refractivity contribution in [2.45, 2.75) is 32.0 Å². The van der Waals surface area contributed by atoms with Crippen molar-refractivity contribution in [2.24, 2.45) is 5.92 Å². The molecular formula is C22H18O2. The van der Waals surface area contributed by atoms with Gasteiger partial charge in [0.15, 0.2) is 0 Å². The molecule has 2 aliphatic heterocycles. The van der Waals surface area contributed by atoms with Gasteiger partial charge < -0.3 is 9.15 Å². The van der Waals surface area contributed by atoms with Gasteiger partial charge in [-0.25, -0.2) is 0 Å². The first-order chi connectivity index (χ1) is 11.7. The Bertz CT molecular complexity index is 1040. The van der Waals surface area contributed by atoms with Crippen LogP contribution in [0.1, 0.15) is 51.9 Å². The fraction of sp³-hybridized carbons (Fsp3) is 0.273. The van der Waals surface area contributed by atoms with E-state index in [0.29, 0.717) is 11.8 Å². The second kappa shape index (κ2) is 4.20. The highest BCUT2D eigenvalue weighted by Gasteiger charge is 2.54. The zero-order chi connectivity index (χ0) is 16.0.